The first kappa shape index (κ1) is 11.7. The van der Waals surface area contributed by atoms with Crippen molar-refractivity contribution in [3.05, 3.63) is 0 Å². The minimum Gasteiger partial charge on any atom is -1.00 e. The third-order valence-corrected chi connectivity index (χ3v) is 2.88. The molecule has 0 bridgehead atoms. The Labute approximate surface area is 108 Å². The first-order valence-corrected chi connectivity index (χ1v) is 4.57. The minimum absolute atomic E-state index is 0. The zero-order chi connectivity index (χ0) is 6.69. The standard InChI is InChI=1S/C6H12O2S.K.H/c7-9(8)6-4-2-1-3-5-6;;/h6H,1-5H2,(H,7,8);;/q;+1;-1. The molecule has 0 aromatic heterocycles. The maximum Gasteiger partial charge on any atom is 1.00 e. The quantitative estimate of drug-likeness (QED) is 0.408. The van der Waals surface area contributed by atoms with E-state index in [0.717, 1.165) is 25.7 Å². The third-order valence-electron chi connectivity index (χ3n) is 1.84. The van der Waals surface area contributed by atoms with E-state index in [1.807, 2.05) is 0 Å². The van der Waals surface area contributed by atoms with Gasteiger partial charge in [-0.25, -0.2) is 4.21 Å². The summed E-state index contributed by atoms with van der Waals surface area (Å²) < 4.78 is 19.1. The van der Waals surface area contributed by atoms with Crippen LogP contribution in [0.25, 0.3) is 0 Å². The van der Waals surface area contributed by atoms with E-state index in [9.17, 15) is 4.21 Å². The molecule has 10 heavy (non-hydrogen) atoms. The molecule has 0 aromatic rings. The predicted molar refractivity (Wildman–Crippen MR) is 38.8 cm³/mol. The molecule has 0 amide bonds. The molecule has 4 heteroatoms. The van der Waals surface area contributed by atoms with E-state index < -0.39 is 11.1 Å². The van der Waals surface area contributed by atoms with Gasteiger partial charge in [0.2, 0.25) is 0 Å². The molecular weight excluding hydrogens is 175 g/mol. The average Bonchev–Trinajstić information content (AvgIpc) is 1.90. The van der Waals surface area contributed by atoms with Gasteiger partial charge in [0.15, 0.2) is 11.1 Å². The molecule has 0 aromatic carbocycles. The fraction of sp³-hybridized carbons (Fsp3) is 1.00. The molecule has 1 aliphatic carbocycles. The van der Waals surface area contributed by atoms with Crippen LogP contribution in [0.15, 0.2) is 0 Å². The molecule has 1 unspecified atom stereocenters. The fourth-order valence-electron chi connectivity index (χ4n) is 1.27. The van der Waals surface area contributed by atoms with Crippen molar-refractivity contribution in [1.29, 1.82) is 0 Å². The van der Waals surface area contributed by atoms with Crippen molar-refractivity contribution < 1.29 is 61.6 Å². The van der Waals surface area contributed by atoms with Crippen LogP contribution in [0.4, 0.5) is 0 Å². The van der Waals surface area contributed by atoms with Crippen molar-refractivity contribution in [2.24, 2.45) is 0 Å². The van der Waals surface area contributed by atoms with E-state index in [1.54, 1.807) is 0 Å². The molecule has 1 atom stereocenters. The van der Waals surface area contributed by atoms with Crippen molar-refractivity contribution in [2.45, 2.75) is 37.4 Å². The molecule has 1 N–H and O–H groups in total. The number of hydrogen-bond donors (Lipinski definition) is 1. The summed E-state index contributed by atoms with van der Waals surface area (Å²) in [6, 6.07) is 0. The Morgan fingerprint density at radius 2 is 1.80 bits per heavy atom. The number of rotatable bonds is 1. The Morgan fingerprint density at radius 1 is 1.30 bits per heavy atom. The normalized spacial score (nSPS) is 23.3. The molecule has 0 saturated heterocycles. The molecule has 0 heterocycles. The summed E-state index contributed by atoms with van der Waals surface area (Å²) >= 11 is -1.55. The summed E-state index contributed by atoms with van der Waals surface area (Å²) in [7, 11) is 0. The first-order chi connectivity index (χ1) is 4.30. The van der Waals surface area contributed by atoms with Crippen LogP contribution in [0, 0.1) is 0 Å². The zero-order valence-corrected chi connectivity index (χ0v) is 10.3. The summed E-state index contributed by atoms with van der Waals surface area (Å²) in [5, 5.41) is 0.0822. The van der Waals surface area contributed by atoms with Gasteiger partial charge in [-0.15, -0.1) is 0 Å². The van der Waals surface area contributed by atoms with Gasteiger partial charge in [-0.05, 0) is 12.8 Å². The van der Waals surface area contributed by atoms with Gasteiger partial charge in [0.1, 0.15) is 0 Å². The van der Waals surface area contributed by atoms with E-state index in [2.05, 4.69) is 0 Å². The molecule has 1 saturated carbocycles. The van der Waals surface area contributed by atoms with Crippen molar-refractivity contribution >= 4 is 11.1 Å². The molecule has 1 aliphatic rings. The molecule has 0 spiro atoms. The maximum absolute atomic E-state index is 10.5. The zero-order valence-electron chi connectivity index (χ0n) is 7.38. The Bertz CT molecular complexity index is 117. The van der Waals surface area contributed by atoms with E-state index in [0.29, 0.717) is 0 Å². The van der Waals surface area contributed by atoms with E-state index in [1.165, 1.54) is 6.42 Å². The van der Waals surface area contributed by atoms with Gasteiger partial charge in [-0.2, -0.15) is 0 Å². The predicted octanol–water partition coefficient (Wildman–Crippen LogP) is -1.34. The Hall–Kier alpha value is 1.75. The van der Waals surface area contributed by atoms with Crippen LogP contribution in [-0.4, -0.2) is 14.0 Å². The summed E-state index contributed by atoms with van der Waals surface area (Å²) in [6.07, 6.45) is 5.41. The van der Waals surface area contributed by atoms with Crippen LogP contribution in [0.3, 0.4) is 0 Å². The Balaban J connectivity index is 0. The SMILES string of the molecule is O=S(O)C1CCCCC1.[H-].[K+]. The van der Waals surface area contributed by atoms with Crippen molar-refractivity contribution in [3.8, 4) is 0 Å². The van der Waals surface area contributed by atoms with Gasteiger partial charge in [0, 0.05) is 0 Å². The third kappa shape index (κ3) is 3.95. The molecule has 1 fully saturated rings. The van der Waals surface area contributed by atoms with Gasteiger partial charge in [0.25, 0.3) is 0 Å². The number of hydrogen-bond acceptors (Lipinski definition) is 1. The molecular formula is C6H13KO2S. The largest absolute Gasteiger partial charge is 1.00 e. The van der Waals surface area contributed by atoms with Crippen molar-refractivity contribution in [1.82, 2.24) is 0 Å². The minimum atomic E-state index is -1.55. The molecule has 0 radical (unpaired) electrons. The van der Waals surface area contributed by atoms with Crippen LogP contribution in [0.2, 0.25) is 0 Å². The van der Waals surface area contributed by atoms with Crippen LogP contribution in [-0.2, 0) is 11.1 Å². The summed E-state index contributed by atoms with van der Waals surface area (Å²) in [4.78, 5) is 0. The monoisotopic (exact) mass is 188 g/mol. The second kappa shape index (κ2) is 6.28. The van der Waals surface area contributed by atoms with Gasteiger partial charge in [-0.1, -0.05) is 19.3 Å². The summed E-state index contributed by atoms with van der Waals surface area (Å²) in [6.45, 7) is 0. The molecule has 0 aliphatic heterocycles. The van der Waals surface area contributed by atoms with Gasteiger partial charge in [0.05, 0.1) is 5.25 Å². The maximum atomic E-state index is 10.5. The van der Waals surface area contributed by atoms with Crippen molar-refractivity contribution in [2.75, 3.05) is 0 Å². The molecule has 2 nitrogen and oxygen atoms in total. The van der Waals surface area contributed by atoms with E-state index in [4.69, 9.17) is 4.55 Å². The average molecular weight is 188 g/mol. The molecule has 56 valence electrons. The summed E-state index contributed by atoms with van der Waals surface area (Å²) in [5.74, 6) is 0. The second-order valence-corrected chi connectivity index (χ2v) is 3.76. The van der Waals surface area contributed by atoms with Gasteiger partial charge >= 0.3 is 51.4 Å². The molecule has 1 rings (SSSR count). The Kier molecular flexibility index (Phi) is 7.38. The van der Waals surface area contributed by atoms with Crippen LogP contribution in [0.5, 0.6) is 0 Å². The van der Waals surface area contributed by atoms with E-state index >= 15 is 0 Å². The topological polar surface area (TPSA) is 37.3 Å². The summed E-state index contributed by atoms with van der Waals surface area (Å²) in [5.41, 5.74) is 0. The van der Waals surface area contributed by atoms with Crippen LogP contribution < -0.4 is 51.4 Å². The van der Waals surface area contributed by atoms with Crippen LogP contribution in [0.1, 0.15) is 33.5 Å². The smallest absolute Gasteiger partial charge is 1.00 e. The van der Waals surface area contributed by atoms with Gasteiger partial charge < -0.3 is 5.98 Å². The van der Waals surface area contributed by atoms with Gasteiger partial charge in [-0.3, -0.25) is 0 Å². The first-order valence-electron chi connectivity index (χ1n) is 3.40. The van der Waals surface area contributed by atoms with Crippen LogP contribution >= 0.6 is 0 Å². The second-order valence-electron chi connectivity index (χ2n) is 2.54. The fourth-order valence-corrected chi connectivity index (χ4v) is 2.00. The Morgan fingerprint density at radius 3 is 2.10 bits per heavy atom. The van der Waals surface area contributed by atoms with Crippen molar-refractivity contribution in [3.63, 3.8) is 0 Å². The van der Waals surface area contributed by atoms with E-state index in [-0.39, 0.29) is 58.1 Å².